The van der Waals surface area contributed by atoms with Crippen molar-refractivity contribution in [2.24, 2.45) is 5.73 Å². The second-order valence-corrected chi connectivity index (χ2v) is 9.72. The van der Waals surface area contributed by atoms with E-state index in [1.807, 2.05) is 42.6 Å². The molecule has 34 heavy (non-hydrogen) atoms. The van der Waals surface area contributed by atoms with E-state index in [9.17, 15) is 4.79 Å². The number of fused-ring (bicyclic) bond motifs is 2. The Bertz CT molecular complexity index is 1190. The number of methoxy groups -OCH3 is 1. The van der Waals surface area contributed by atoms with Crippen molar-refractivity contribution in [1.82, 2.24) is 14.9 Å². The monoisotopic (exact) mass is 477 g/mol. The third kappa shape index (κ3) is 4.67. The lowest BCUT2D eigenvalue weighted by Gasteiger charge is -2.32. The van der Waals surface area contributed by atoms with Gasteiger partial charge in [-0.15, -0.1) is 0 Å². The minimum atomic E-state index is -0.447. The number of hydrogen-bond donors (Lipinski definition) is 1. The van der Waals surface area contributed by atoms with E-state index in [2.05, 4.69) is 16.8 Å². The summed E-state index contributed by atoms with van der Waals surface area (Å²) in [6.07, 6.45) is 2.97. The molecule has 2 aliphatic rings. The molecule has 0 radical (unpaired) electrons. The molecule has 2 saturated heterocycles. The summed E-state index contributed by atoms with van der Waals surface area (Å²) in [5.74, 6) is 1.57. The molecule has 8 nitrogen and oxygen atoms in total. The predicted octanol–water partition coefficient (Wildman–Crippen LogP) is 3.21. The fourth-order valence-electron chi connectivity index (χ4n) is 4.50. The number of likely N-dealkylation sites (tertiary alicyclic amines) is 1. The third-order valence-electron chi connectivity index (χ3n) is 6.36. The van der Waals surface area contributed by atoms with Crippen molar-refractivity contribution >= 4 is 23.6 Å². The van der Waals surface area contributed by atoms with Gasteiger partial charge < -0.3 is 20.1 Å². The molecule has 2 bridgehead atoms. The molecule has 1 amide bonds. The van der Waals surface area contributed by atoms with Crippen LogP contribution in [0.4, 0.5) is 5.95 Å². The zero-order chi connectivity index (χ0) is 23.7. The number of likely N-dealkylation sites (N-methyl/N-ethyl adjacent to an activating group) is 1. The van der Waals surface area contributed by atoms with Crippen molar-refractivity contribution in [3.63, 3.8) is 0 Å². The van der Waals surface area contributed by atoms with E-state index in [-0.39, 0.29) is 0 Å². The molecule has 2 atom stereocenters. The standard InChI is InChI=1S/C25H27N5O3S/c1-29-13-19-11-18(29)14-30(19)25-27-12-22(34-21-8-6-17(7-9-21)23(26)31)24(28-25)33-15-16-4-3-5-20(10-16)32-2/h3-10,12,18-19H,11,13-15H2,1-2H3,(H2,26,31). The molecule has 3 heterocycles. The number of benzene rings is 2. The molecule has 3 aromatic rings. The van der Waals surface area contributed by atoms with Gasteiger partial charge in [0.05, 0.1) is 18.2 Å². The Morgan fingerprint density at radius 3 is 2.68 bits per heavy atom. The van der Waals surface area contributed by atoms with Gasteiger partial charge in [0.15, 0.2) is 0 Å². The molecule has 2 fully saturated rings. The average molecular weight is 478 g/mol. The first kappa shape index (κ1) is 22.5. The normalized spacial score (nSPS) is 19.4. The van der Waals surface area contributed by atoms with Crippen molar-refractivity contribution in [3.8, 4) is 11.6 Å². The largest absolute Gasteiger partial charge is 0.497 e. The van der Waals surface area contributed by atoms with E-state index in [0.717, 1.165) is 40.6 Å². The summed E-state index contributed by atoms with van der Waals surface area (Å²) < 4.78 is 11.6. The molecule has 2 aliphatic heterocycles. The van der Waals surface area contributed by atoms with Gasteiger partial charge in [-0.2, -0.15) is 4.98 Å². The quantitative estimate of drug-likeness (QED) is 0.529. The van der Waals surface area contributed by atoms with E-state index in [1.54, 1.807) is 19.2 Å². The highest BCUT2D eigenvalue weighted by Crippen LogP contribution is 2.37. The van der Waals surface area contributed by atoms with E-state index in [1.165, 1.54) is 11.8 Å². The number of aromatic nitrogens is 2. The third-order valence-corrected chi connectivity index (χ3v) is 7.37. The number of amides is 1. The lowest BCUT2D eigenvalue weighted by molar-refractivity contribution is 0.1000. The Balaban J connectivity index is 1.40. The Labute approximate surface area is 203 Å². The number of rotatable bonds is 8. The Morgan fingerprint density at radius 1 is 1.18 bits per heavy atom. The topological polar surface area (TPSA) is 93.8 Å². The number of ether oxygens (including phenoxy) is 2. The SMILES string of the molecule is COc1cccc(COc2nc(N3CC4CC3CN4C)ncc2Sc2ccc(C(N)=O)cc2)c1. The second-order valence-electron chi connectivity index (χ2n) is 8.61. The van der Waals surface area contributed by atoms with Crippen LogP contribution in [-0.4, -0.2) is 60.1 Å². The van der Waals surface area contributed by atoms with Gasteiger partial charge in [-0.25, -0.2) is 4.98 Å². The van der Waals surface area contributed by atoms with Crippen LogP contribution in [0.5, 0.6) is 11.6 Å². The van der Waals surface area contributed by atoms with Crippen LogP contribution in [0.2, 0.25) is 0 Å². The van der Waals surface area contributed by atoms with Gasteiger partial charge >= 0.3 is 0 Å². The minimum absolute atomic E-state index is 0.358. The van der Waals surface area contributed by atoms with Crippen LogP contribution in [0.3, 0.4) is 0 Å². The van der Waals surface area contributed by atoms with Gasteiger partial charge in [0, 0.05) is 35.6 Å². The van der Waals surface area contributed by atoms with E-state index < -0.39 is 5.91 Å². The number of hydrogen-bond acceptors (Lipinski definition) is 8. The molecule has 5 rings (SSSR count). The fourth-order valence-corrected chi connectivity index (χ4v) is 5.32. The number of piperazine rings is 1. The summed E-state index contributed by atoms with van der Waals surface area (Å²) in [7, 11) is 3.82. The van der Waals surface area contributed by atoms with Crippen LogP contribution in [-0.2, 0) is 6.61 Å². The zero-order valence-corrected chi connectivity index (χ0v) is 20.0. The van der Waals surface area contributed by atoms with Gasteiger partial charge in [0.25, 0.3) is 0 Å². The number of nitrogens with two attached hydrogens (primary N) is 1. The molecule has 0 aliphatic carbocycles. The van der Waals surface area contributed by atoms with E-state index in [4.69, 9.17) is 25.2 Å². The summed E-state index contributed by atoms with van der Waals surface area (Å²) in [6, 6.07) is 15.9. The van der Waals surface area contributed by atoms with Gasteiger partial charge in [-0.3, -0.25) is 9.69 Å². The number of nitrogens with zero attached hydrogens (tertiary/aromatic N) is 4. The van der Waals surface area contributed by atoms with Crippen LogP contribution in [0.15, 0.2) is 64.5 Å². The summed E-state index contributed by atoms with van der Waals surface area (Å²) >= 11 is 1.49. The fraction of sp³-hybridized carbons (Fsp3) is 0.320. The Hall–Kier alpha value is -3.30. The van der Waals surface area contributed by atoms with Crippen molar-refractivity contribution < 1.29 is 14.3 Å². The van der Waals surface area contributed by atoms with Crippen LogP contribution >= 0.6 is 11.8 Å². The average Bonchev–Trinajstić information content (AvgIpc) is 3.43. The van der Waals surface area contributed by atoms with Crippen molar-refractivity contribution in [2.75, 3.05) is 32.1 Å². The number of primary amides is 1. The van der Waals surface area contributed by atoms with E-state index >= 15 is 0 Å². The Morgan fingerprint density at radius 2 is 2.00 bits per heavy atom. The van der Waals surface area contributed by atoms with E-state index in [0.29, 0.717) is 36.1 Å². The number of anilines is 1. The summed E-state index contributed by atoms with van der Waals surface area (Å²) in [4.78, 5) is 27.4. The Kier molecular flexibility index (Phi) is 6.30. The molecule has 2 unspecified atom stereocenters. The summed E-state index contributed by atoms with van der Waals surface area (Å²) in [6.45, 7) is 2.31. The second kappa shape index (κ2) is 9.52. The highest BCUT2D eigenvalue weighted by atomic mass is 32.2. The van der Waals surface area contributed by atoms with Crippen molar-refractivity contribution in [2.45, 2.75) is 34.9 Å². The van der Waals surface area contributed by atoms with Gasteiger partial charge in [-0.1, -0.05) is 23.9 Å². The molecule has 0 saturated carbocycles. The molecule has 176 valence electrons. The molecular formula is C25H27N5O3S. The smallest absolute Gasteiger partial charge is 0.248 e. The highest BCUT2D eigenvalue weighted by Gasteiger charge is 2.42. The molecule has 1 aromatic heterocycles. The van der Waals surface area contributed by atoms with Gasteiger partial charge in [0.1, 0.15) is 12.4 Å². The van der Waals surface area contributed by atoms with Crippen LogP contribution in [0.25, 0.3) is 0 Å². The summed E-state index contributed by atoms with van der Waals surface area (Å²) in [5.41, 5.74) is 6.83. The van der Waals surface area contributed by atoms with Crippen LogP contribution < -0.4 is 20.1 Å². The molecular weight excluding hydrogens is 450 g/mol. The van der Waals surface area contributed by atoms with Crippen LogP contribution in [0, 0.1) is 0 Å². The van der Waals surface area contributed by atoms with Crippen LogP contribution in [0.1, 0.15) is 22.3 Å². The number of carbonyl (C=O) groups excluding carboxylic acids is 1. The zero-order valence-electron chi connectivity index (χ0n) is 19.2. The molecule has 0 spiro atoms. The van der Waals surface area contributed by atoms with Crippen molar-refractivity contribution in [1.29, 1.82) is 0 Å². The molecule has 2 N–H and O–H groups in total. The lowest BCUT2D eigenvalue weighted by atomic mass is 10.2. The first-order chi connectivity index (χ1) is 16.5. The number of carbonyl (C=O) groups is 1. The minimum Gasteiger partial charge on any atom is -0.497 e. The van der Waals surface area contributed by atoms with Gasteiger partial charge in [0.2, 0.25) is 17.7 Å². The molecule has 2 aromatic carbocycles. The maximum Gasteiger partial charge on any atom is 0.248 e. The first-order valence-corrected chi connectivity index (χ1v) is 12.0. The molecule has 9 heteroatoms. The maximum atomic E-state index is 11.4. The van der Waals surface area contributed by atoms with Gasteiger partial charge in [-0.05, 0) is 55.4 Å². The predicted molar refractivity (Wildman–Crippen MR) is 131 cm³/mol. The highest BCUT2D eigenvalue weighted by molar-refractivity contribution is 7.99. The van der Waals surface area contributed by atoms with Crippen molar-refractivity contribution in [3.05, 3.63) is 65.9 Å². The lowest BCUT2D eigenvalue weighted by Crippen LogP contribution is -2.45. The summed E-state index contributed by atoms with van der Waals surface area (Å²) in [5, 5.41) is 0. The maximum absolute atomic E-state index is 11.4. The first-order valence-electron chi connectivity index (χ1n) is 11.2.